The Labute approximate surface area is 140 Å². The molecule has 1 aliphatic heterocycles. The van der Waals surface area contributed by atoms with Crippen molar-refractivity contribution in [3.8, 4) is 0 Å². The molecule has 2 aromatic rings. The number of aryl methyl sites for hydroxylation is 3. The molecule has 0 unspecified atom stereocenters. The number of carbonyl (C=O) groups excluding carboxylic acids is 1. The molecule has 3 rings (SSSR count). The summed E-state index contributed by atoms with van der Waals surface area (Å²) >= 11 is 6.12. The number of halogens is 1. The molecule has 122 valence electrons. The molecule has 1 atom stereocenters. The molecule has 0 saturated carbocycles. The van der Waals surface area contributed by atoms with Gasteiger partial charge >= 0.3 is 6.03 Å². The molecule has 5 nitrogen and oxygen atoms in total. The van der Waals surface area contributed by atoms with Crippen molar-refractivity contribution in [1.29, 1.82) is 0 Å². The van der Waals surface area contributed by atoms with Gasteiger partial charge in [-0.3, -0.25) is 0 Å². The van der Waals surface area contributed by atoms with E-state index < -0.39 is 0 Å². The second-order valence-corrected chi connectivity index (χ2v) is 6.39. The van der Waals surface area contributed by atoms with Gasteiger partial charge in [-0.15, -0.1) is 0 Å². The van der Waals surface area contributed by atoms with Gasteiger partial charge in [-0.25, -0.2) is 4.79 Å². The first-order chi connectivity index (χ1) is 11.0. The van der Waals surface area contributed by atoms with Crippen LogP contribution in [0.25, 0.3) is 0 Å². The number of likely N-dealkylation sites (tertiary alicyclic amines) is 1. The zero-order chi connectivity index (χ0) is 16.6. The van der Waals surface area contributed by atoms with E-state index in [0.29, 0.717) is 10.7 Å². The monoisotopic (exact) mass is 333 g/mol. The highest BCUT2D eigenvalue weighted by Gasteiger charge is 2.33. The Hall–Kier alpha value is -2.01. The van der Waals surface area contributed by atoms with Crippen LogP contribution in [0.5, 0.6) is 0 Å². The lowest BCUT2D eigenvalue weighted by Crippen LogP contribution is -2.34. The van der Waals surface area contributed by atoms with Gasteiger partial charge < -0.3 is 14.7 Å². The van der Waals surface area contributed by atoms with E-state index in [1.807, 2.05) is 37.8 Å². The van der Waals surface area contributed by atoms with Gasteiger partial charge in [0.1, 0.15) is 5.76 Å². The number of amides is 2. The minimum absolute atomic E-state index is 0.0159. The molecule has 1 N–H and O–H groups in total. The Bertz CT molecular complexity index is 722. The van der Waals surface area contributed by atoms with Crippen molar-refractivity contribution in [2.45, 2.75) is 39.7 Å². The number of benzene rings is 1. The molecule has 0 aliphatic carbocycles. The second-order valence-electron chi connectivity index (χ2n) is 5.98. The quantitative estimate of drug-likeness (QED) is 0.872. The van der Waals surface area contributed by atoms with Crippen LogP contribution in [0.4, 0.5) is 10.5 Å². The number of hydrogen-bond acceptors (Lipinski definition) is 3. The Kier molecular flexibility index (Phi) is 4.31. The molecule has 23 heavy (non-hydrogen) atoms. The van der Waals surface area contributed by atoms with E-state index in [1.165, 1.54) is 0 Å². The van der Waals surface area contributed by atoms with Crippen LogP contribution in [0.3, 0.4) is 0 Å². The highest BCUT2D eigenvalue weighted by atomic mass is 35.5. The summed E-state index contributed by atoms with van der Waals surface area (Å²) in [5.41, 5.74) is 3.57. The number of rotatable bonds is 2. The van der Waals surface area contributed by atoms with Crippen molar-refractivity contribution in [2.75, 3.05) is 11.9 Å². The summed E-state index contributed by atoms with van der Waals surface area (Å²) < 4.78 is 5.26. The minimum atomic E-state index is -0.118. The fourth-order valence-corrected chi connectivity index (χ4v) is 3.32. The maximum Gasteiger partial charge on any atom is 0.322 e. The Morgan fingerprint density at radius 1 is 1.39 bits per heavy atom. The van der Waals surface area contributed by atoms with Crippen LogP contribution in [-0.4, -0.2) is 22.6 Å². The van der Waals surface area contributed by atoms with Gasteiger partial charge in [0.15, 0.2) is 0 Å². The summed E-state index contributed by atoms with van der Waals surface area (Å²) in [4.78, 5) is 14.5. The predicted molar refractivity (Wildman–Crippen MR) is 89.9 cm³/mol. The summed E-state index contributed by atoms with van der Waals surface area (Å²) in [5, 5.41) is 7.59. The van der Waals surface area contributed by atoms with E-state index in [2.05, 4.69) is 10.5 Å². The number of nitrogens with zero attached hydrogens (tertiary/aromatic N) is 2. The second kappa shape index (κ2) is 6.24. The molecule has 0 radical (unpaired) electrons. The molecule has 2 heterocycles. The first-order valence-corrected chi connectivity index (χ1v) is 8.11. The van der Waals surface area contributed by atoms with E-state index in [4.69, 9.17) is 16.1 Å². The lowest BCUT2D eigenvalue weighted by atomic mass is 10.0. The number of urea groups is 1. The van der Waals surface area contributed by atoms with Gasteiger partial charge in [0.25, 0.3) is 0 Å². The Morgan fingerprint density at radius 2 is 2.17 bits per heavy atom. The van der Waals surface area contributed by atoms with Crippen molar-refractivity contribution in [2.24, 2.45) is 0 Å². The predicted octanol–water partition coefficient (Wildman–Crippen LogP) is 4.62. The van der Waals surface area contributed by atoms with Crippen LogP contribution >= 0.6 is 11.6 Å². The fourth-order valence-electron chi connectivity index (χ4n) is 3.14. The maximum absolute atomic E-state index is 12.7. The van der Waals surface area contributed by atoms with Crippen molar-refractivity contribution >= 4 is 23.3 Å². The van der Waals surface area contributed by atoms with Crippen LogP contribution < -0.4 is 5.32 Å². The van der Waals surface area contributed by atoms with Crippen molar-refractivity contribution in [3.05, 3.63) is 45.8 Å². The molecule has 0 spiro atoms. The zero-order valence-corrected chi connectivity index (χ0v) is 14.3. The maximum atomic E-state index is 12.7. The van der Waals surface area contributed by atoms with Gasteiger partial charge in [-0.2, -0.15) is 0 Å². The first-order valence-electron chi connectivity index (χ1n) is 7.74. The Balaban J connectivity index is 1.79. The molecule has 1 aliphatic rings. The summed E-state index contributed by atoms with van der Waals surface area (Å²) in [6.07, 6.45) is 1.89. The van der Waals surface area contributed by atoms with Gasteiger partial charge in [0, 0.05) is 22.8 Å². The molecule has 2 amide bonds. The Morgan fingerprint density at radius 3 is 2.83 bits per heavy atom. The third kappa shape index (κ3) is 3.06. The normalized spacial score (nSPS) is 17.6. The van der Waals surface area contributed by atoms with E-state index in [1.54, 1.807) is 6.07 Å². The SMILES string of the molecule is Cc1ccc(NC(=O)N2CCC[C@H]2c2c(C)noc2C)cc1Cl. The average Bonchev–Trinajstić information content (AvgIpc) is 3.09. The van der Waals surface area contributed by atoms with Crippen LogP contribution in [0.2, 0.25) is 5.02 Å². The summed E-state index contributed by atoms with van der Waals surface area (Å²) in [6.45, 7) is 6.46. The number of carbonyl (C=O) groups is 1. The molecule has 1 fully saturated rings. The number of aromatic nitrogens is 1. The standard InChI is InChI=1S/C17H20ClN3O2/c1-10-6-7-13(9-14(10)18)19-17(22)21-8-4-5-15(21)16-11(2)20-23-12(16)3/h6-7,9,15H,4-5,8H2,1-3H3,(H,19,22)/t15-/m0/s1. The topological polar surface area (TPSA) is 58.4 Å². The molecule has 0 bridgehead atoms. The number of hydrogen-bond donors (Lipinski definition) is 1. The lowest BCUT2D eigenvalue weighted by molar-refractivity contribution is 0.206. The number of anilines is 1. The highest BCUT2D eigenvalue weighted by Crippen LogP contribution is 2.36. The van der Waals surface area contributed by atoms with Crippen LogP contribution in [0.1, 0.15) is 41.5 Å². The third-order valence-corrected chi connectivity index (χ3v) is 4.77. The molecule has 1 aromatic heterocycles. The molecular formula is C17H20ClN3O2. The van der Waals surface area contributed by atoms with Crippen LogP contribution in [0, 0.1) is 20.8 Å². The van der Waals surface area contributed by atoms with Gasteiger partial charge in [-0.1, -0.05) is 22.8 Å². The van der Waals surface area contributed by atoms with Crippen molar-refractivity contribution in [3.63, 3.8) is 0 Å². The van der Waals surface area contributed by atoms with Crippen molar-refractivity contribution < 1.29 is 9.32 Å². The molecule has 1 saturated heterocycles. The zero-order valence-electron chi connectivity index (χ0n) is 13.5. The molecule has 6 heteroatoms. The van der Waals surface area contributed by atoms with Gasteiger partial charge in [0.05, 0.1) is 11.7 Å². The van der Waals surface area contributed by atoms with Gasteiger partial charge in [0.2, 0.25) is 0 Å². The largest absolute Gasteiger partial charge is 0.361 e. The third-order valence-electron chi connectivity index (χ3n) is 4.36. The van der Waals surface area contributed by atoms with E-state index in [0.717, 1.165) is 42.0 Å². The lowest BCUT2D eigenvalue weighted by Gasteiger charge is -2.25. The summed E-state index contributed by atoms with van der Waals surface area (Å²) in [6, 6.07) is 5.43. The first kappa shape index (κ1) is 15.9. The van der Waals surface area contributed by atoms with E-state index >= 15 is 0 Å². The minimum Gasteiger partial charge on any atom is -0.361 e. The van der Waals surface area contributed by atoms with Crippen LogP contribution in [-0.2, 0) is 0 Å². The summed E-state index contributed by atoms with van der Waals surface area (Å²) in [5.74, 6) is 0.783. The van der Waals surface area contributed by atoms with E-state index in [9.17, 15) is 4.79 Å². The average molecular weight is 334 g/mol. The summed E-state index contributed by atoms with van der Waals surface area (Å²) in [7, 11) is 0. The van der Waals surface area contributed by atoms with E-state index in [-0.39, 0.29) is 12.1 Å². The fraction of sp³-hybridized carbons (Fsp3) is 0.412. The van der Waals surface area contributed by atoms with Gasteiger partial charge in [-0.05, 0) is 51.3 Å². The highest BCUT2D eigenvalue weighted by molar-refractivity contribution is 6.31. The number of nitrogens with one attached hydrogen (secondary N) is 1. The molecule has 1 aromatic carbocycles. The van der Waals surface area contributed by atoms with Crippen LogP contribution in [0.15, 0.2) is 22.7 Å². The van der Waals surface area contributed by atoms with Crippen molar-refractivity contribution in [1.82, 2.24) is 10.1 Å². The smallest absolute Gasteiger partial charge is 0.322 e. The molecular weight excluding hydrogens is 314 g/mol.